The van der Waals surface area contributed by atoms with E-state index in [4.69, 9.17) is 0 Å². The number of anilines is 1. The molecule has 0 saturated carbocycles. The molecule has 0 amide bonds. The molecule has 0 aliphatic rings. The highest BCUT2D eigenvalue weighted by molar-refractivity contribution is 7.93. The lowest BCUT2D eigenvalue weighted by Crippen LogP contribution is -2.31. The average Bonchev–Trinajstić information content (AvgIpc) is 2.57. The Labute approximate surface area is 139 Å². The van der Waals surface area contributed by atoms with E-state index in [1.807, 2.05) is 0 Å². The van der Waals surface area contributed by atoms with E-state index in [1.54, 1.807) is 13.0 Å². The van der Waals surface area contributed by atoms with Crippen LogP contribution in [0, 0.1) is 5.82 Å². The van der Waals surface area contributed by atoms with Crippen LogP contribution in [0.25, 0.3) is 10.9 Å². The number of hydrogen-bond acceptors (Lipinski definition) is 4. The van der Waals surface area contributed by atoms with Crippen molar-refractivity contribution >= 4 is 26.6 Å². The second kappa shape index (κ2) is 6.09. The molecule has 3 rings (SSSR count). The monoisotopic (exact) mass is 346 g/mol. The first kappa shape index (κ1) is 16.2. The normalized spacial score (nSPS) is 11.6. The van der Waals surface area contributed by atoms with Crippen LogP contribution in [0.4, 0.5) is 10.1 Å². The number of aromatic hydroxyl groups is 1. The zero-order valence-corrected chi connectivity index (χ0v) is 13.7. The summed E-state index contributed by atoms with van der Waals surface area (Å²) in [5, 5.41) is 9.62. The first-order valence-corrected chi connectivity index (χ1v) is 8.74. The van der Waals surface area contributed by atoms with Crippen molar-refractivity contribution in [2.45, 2.75) is 11.8 Å². The summed E-state index contributed by atoms with van der Waals surface area (Å²) >= 11 is 0. The number of hydrogen-bond donors (Lipinski definition) is 1. The summed E-state index contributed by atoms with van der Waals surface area (Å²) in [5.74, 6) is -0.527. The molecule has 0 aliphatic carbocycles. The molecule has 0 unspecified atom stereocenters. The van der Waals surface area contributed by atoms with Gasteiger partial charge in [-0.1, -0.05) is 0 Å². The number of pyridine rings is 1. The first-order valence-electron chi connectivity index (χ1n) is 7.30. The molecule has 2 aromatic carbocycles. The number of halogens is 1. The SMILES string of the molecule is CCN(c1ccc(O)cc1)S(=O)(=O)c1ccc(F)c2ncccc12. The maximum Gasteiger partial charge on any atom is 0.264 e. The minimum Gasteiger partial charge on any atom is -0.508 e. The molecule has 0 aliphatic heterocycles. The van der Waals surface area contributed by atoms with E-state index in [2.05, 4.69) is 4.98 Å². The highest BCUT2D eigenvalue weighted by atomic mass is 32.2. The molecule has 3 aromatic rings. The number of phenols is 1. The zero-order valence-electron chi connectivity index (χ0n) is 12.8. The van der Waals surface area contributed by atoms with E-state index < -0.39 is 15.8 Å². The van der Waals surface area contributed by atoms with Gasteiger partial charge in [-0.05, 0) is 55.5 Å². The topological polar surface area (TPSA) is 70.5 Å². The molecule has 0 atom stereocenters. The highest BCUT2D eigenvalue weighted by Crippen LogP contribution is 2.30. The molecule has 1 N–H and O–H groups in total. The molecule has 24 heavy (non-hydrogen) atoms. The third-order valence-electron chi connectivity index (χ3n) is 3.67. The number of nitrogens with zero attached hydrogens (tertiary/aromatic N) is 2. The molecular weight excluding hydrogens is 331 g/mol. The van der Waals surface area contributed by atoms with Crippen molar-refractivity contribution < 1.29 is 17.9 Å². The van der Waals surface area contributed by atoms with Gasteiger partial charge in [0.2, 0.25) is 0 Å². The van der Waals surface area contributed by atoms with Crippen LogP contribution >= 0.6 is 0 Å². The number of fused-ring (bicyclic) bond motifs is 1. The van der Waals surface area contributed by atoms with Crippen LogP contribution in [0.15, 0.2) is 59.6 Å². The number of phenolic OH excluding ortho intramolecular Hbond substituents is 1. The Morgan fingerprint density at radius 1 is 1.12 bits per heavy atom. The molecule has 7 heteroatoms. The molecule has 124 valence electrons. The molecule has 0 fully saturated rings. The van der Waals surface area contributed by atoms with Crippen molar-refractivity contribution in [1.82, 2.24) is 4.98 Å². The van der Waals surface area contributed by atoms with E-state index in [0.717, 1.165) is 6.07 Å². The molecular formula is C17H15FN2O3S. The van der Waals surface area contributed by atoms with Crippen molar-refractivity contribution in [1.29, 1.82) is 0 Å². The fourth-order valence-electron chi connectivity index (χ4n) is 2.57. The molecule has 1 aromatic heterocycles. The third-order valence-corrected chi connectivity index (χ3v) is 5.63. The van der Waals surface area contributed by atoms with Gasteiger partial charge in [0.1, 0.15) is 17.1 Å². The smallest absolute Gasteiger partial charge is 0.264 e. The van der Waals surface area contributed by atoms with Crippen LogP contribution < -0.4 is 4.31 Å². The quantitative estimate of drug-likeness (QED) is 0.787. The van der Waals surface area contributed by atoms with Gasteiger partial charge < -0.3 is 5.11 Å². The minimum atomic E-state index is -3.92. The van der Waals surface area contributed by atoms with Gasteiger partial charge in [0.05, 0.1) is 10.6 Å². The van der Waals surface area contributed by atoms with E-state index in [-0.39, 0.29) is 28.1 Å². The maximum absolute atomic E-state index is 13.9. The van der Waals surface area contributed by atoms with Gasteiger partial charge in [0.25, 0.3) is 10.0 Å². The Hall–Kier alpha value is -2.67. The number of sulfonamides is 1. The van der Waals surface area contributed by atoms with Gasteiger partial charge >= 0.3 is 0 Å². The molecule has 0 radical (unpaired) electrons. The second-order valence-corrected chi connectivity index (χ2v) is 6.96. The zero-order chi connectivity index (χ0) is 17.3. The summed E-state index contributed by atoms with van der Waals surface area (Å²) in [6, 6.07) is 11.3. The fourth-order valence-corrected chi connectivity index (χ4v) is 4.23. The van der Waals surface area contributed by atoms with E-state index >= 15 is 0 Å². The lowest BCUT2D eigenvalue weighted by atomic mass is 10.2. The Morgan fingerprint density at radius 3 is 2.50 bits per heavy atom. The Balaban J connectivity index is 2.20. The van der Waals surface area contributed by atoms with E-state index in [9.17, 15) is 17.9 Å². The summed E-state index contributed by atoms with van der Waals surface area (Å²) in [7, 11) is -3.92. The molecule has 5 nitrogen and oxygen atoms in total. The first-order chi connectivity index (χ1) is 11.4. The predicted molar refractivity (Wildman–Crippen MR) is 90.0 cm³/mol. The van der Waals surface area contributed by atoms with Gasteiger partial charge in [-0.15, -0.1) is 0 Å². The maximum atomic E-state index is 13.9. The van der Waals surface area contributed by atoms with Gasteiger partial charge in [0.15, 0.2) is 0 Å². The summed E-state index contributed by atoms with van der Waals surface area (Å²) in [4.78, 5) is 3.92. The Morgan fingerprint density at radius 2 is 1.83 bits per heavy atom. The molecule has 0 bridgehead atoms. The van der Waals surface area contributed by atoms with Crippen LogP contribution in [0.3, 0.4) is 0 Å². The summed E-state index contributed by atoms with van der Waals surface area (Å²) in [5.41, 5.74) is 0.428. The van der Waals surface area contributed by atoms with Crippen LogP contribution in [-0.4, -0.2) is 25.1 Å². The lowest BCUT2D eigenvalue weighted by molar-refractivity contribution is 0.475. The predicted octanol–water partition coefficient (Wildman–Crippen LogP) is 3.29. The number of rotatable bonds is 4. The standard InChI is InChI=1S/C17H15FN2O3S/c1-2-20(12-5-7-13(21)8-6-12)24(22,23)16-10-9-15(18)17-14(16)4-3-11-19-17/h3-11,21H,2H2,1H3. The van der Waals surface area contributed by atoms with E-state index in [1.165, 1.54) is 46.9 Å². The Kier molecular flexibility index (Phi) is 4.11. The second-order valence-electron chi connectivity index (χ2n) is 5.13. The van der Waals surface area contributed by atoms with Crippen molar-refractivity contribution in [2.75, 3.05) is 10.8 Å². The van der Waals surface area contributed by atoms with Crippen LogP contribution in [0.2, 0.25) is 0 Å². The summed E-state index contributed by atoms with van der Waals surface area (Å²) in [6.07, 6.45) is 1.42. The summed E-state index contributed by atoms with van der Waals surface area (Å²) in [6.45, 7) is 1.89. The van der Waals surface area contributed by atoms with Crippen molar-refractivity contribution in [3.63, 3.8) is 0 Å². The van der Waals surface area contributed by atoms with Crippen molar-refractivity contribution in [3.05, 3.63) is 60.5 Å². The van der Waals surface area contributed by atoms with Gasteiger partial charge in [-0.2, -0.15) is 0 Å². The Bertz CT molecular complexity index is 988. The fraction of sp³-hybridized carbons (Fsp3) is 0.118. The molecule has 1 heterocycles. The van der Waals surface area contributed by atoms with Gasteiger partial charge in [0, 0.05) is 18.1 Å². The highest BCUT2D eigenvalue weighted by Gasteiger charge is 2.26. The third kappa shape index (κ3) is 2.67. The van der Waals surface area contributed by atoms with E-state index in [0.29, 0.717) is 5.69 Å². The number of benzene rings is 2. The van der Waals surface area contributed by atoms with Crippen LogP contribution in [-0.2, 0) is 10.0 Å². The van der Waals surface area contributed by atoms with Crippen molar-refractivity contribution in [2.24, 2.45) is 0 Å². The van der Waals surface area contributed by atoms with Crippen LogP contribution in [0.1, 0.15) is 6.92 Å². The van der Waals surface area contributed by atoms with Crippen molar-refractivity contribution in [3.8, 4) is 5.75 Å². The lowest BCUT2D eigenvalue weighted by Gasteiger charge is -2.23. The largest absolute Gasteiger partial charge is 0.508 e. The van der Waals surface area contributed by atoms with Gasteiger partial charge in [-0.3, -0.25) is 9.29 Å². The molecule has 0 spiro atoms. The average molecular weight is 346 g/mol. The summed E-state index contributed by atoms with van der Waals surface area (Å²) < 4.78 is 41.3. The van der Waals surface area contributed by atoms with Gasteiger partial charge in [-0.25, -0.2) is 12.8 Å². The van der Waals surface area contributed by atoms with Crippen LogP contribution in [0.5, 0.6) is 5.75 Å². The number of aromatic nitrogens is 1. The minimum absolute atomic E-state index is 0.0121. The molecule has 0 saturated heterocycles.